The molecule has 0 aliphatic carbocycles. The number of carbonyl (C=O) groups is 2. The number of aryl methyl sites for hydroxylation is 1. The van der Waals surface area contributed by atoms with Gasteiger partial charge in [0.1, 0.15) is 11.9 Å². The number of aromatic nitrogens is 2. The lowest BCUT2D eigenvalue weighted by molar-refractivity contribution is -0.139. The van der Waals surface area contributed by atoms with Gasteiger partial charge < -0.3 is 14.7 Å². The molecular weight excluding hydrogens is 274 g/mol. The summed E-state index contributed by atoms with van der Waals surface area (Å²) in [5, 5.41) is 9.41. The van der Waals surface area contributed by atoms with Gasteiger partial charge in [-0.1, -0.05) is 6.92 Å². The molecule has 0 aromatic carbocycles. The maximum atomic E-state index is 11.6. The first-order valence-electron chi connectivity index (χ1n) is 6.85. The van der Waals surface area contributed by atoms with Crippen molar-refractivity contribution in [2.75, 3.05) is 18.6 Å². The minimum absolute atomic E-state index is 0.0461. The molecule has 2 rings (SSSR count). The zero-order chi connectivity index (χ0) is 15.6. The molecule has 1 N–H and O–H groups in total. The molecule has 0 saturated carbocycles. The highest BCUT2D eigenvalue weighted by atomic mass is 16.5. The van der Waals surface area contributed by atoms with Crippen LogP contribution in [0.2, 0.25) is 0 Å². The maximum absolute atomic E-state index is 11.6. The number of carboxylic acids is 1. The Labute approximate surface area is 123 Å². The van der Waals surface area contributed by atoms with Crippen LogP contribution in [0, 0.1) is 12.8 Å². The van der Waals surface area contributed by atoms with Crippen LogP contribution in [0.4, 0.5) is 5.82 Å². The van der Waals surface area contributed by atoms with Gasteiger partial charge in [0.2, 0.25) is 5.82 Å². The summed E-state index contributed by atoms with van der Waals surface area (Å²) in [5.74, 6) is -0.738. The molecule has 7 heteroatoms. The van der Waals surface area contributed by atoms with Crippen molar-refractivity contribution in [2.24, 2.45) is 5.92 Å². The van der Waals surface area contributed by atoms with Crippen LogP contribution in [0.1, 0.15) is 36.1 Å². The number of nitrogens with zero attached hydrogens (tertiary/aromatic N) is 3. The monoisotopic (exact) mass is 293 g/mol. The van der Waals surface area contributed by atoms with Gasteiger partial charge in [-0.25, -0.2) is 19.6 Å². The number of carboxylic acid groups (broad SMARTS) is 1. The van der Waals surface area contributed by atoms with Crippen molar-refractivity contribution in [1.29, 1.82) is 0 Å². The maximum Gasteiger partial charge on any atom is 0.376 e. The molecule has 7 nitrogen and oxygen atoms in total. The highest BCUT2D eigenvalue weighted by molar-refractivity contribution is 5.85. The number of hydrogen-bond acceptors (Lipinski definition) is 6. The van der Waals surface area contributed by atoms with E-state index in [1.807, 2.05) is 6.92 Å². The van der Waals surface area contributed by atoms with Gasteiger partial charge in [0.15, 0.2) is 0 Å². The highest BCUT2D eigenvalue weighted by Crippen LogP contribution is 2.27. The second-order valence-electron chi connectivity index (χ2n) is 5.36. The number of piperidine rings is 1. The fourth-order valence-corrected chi connectivity index (χ4v) is 2.53. The predicted octanol–water partition coefficient (Wildman–Crippen LogP) is 1.26. The molecule has 1 aromatic heterocycles. The van der Waals surface area contributed by atoms with Crippen LogP contribution < -0.4 is 4.90 Å². The van der Waals surface area contributed by atoms with Crippen molar-refractivity contribution in [3.63, 3.8) is 0 Å². The fraction of sp³-hybridized carbons (Fsp3) is 0.571. The van der Waals surface area contributed by atoms with Crippen LogP contribution in [-0.2, 0) is 9.53 Å². The average Bonchev–Trinajstić information content (AvgIpc) is 2.45. The molecule has 1 fully saturated rings. The van der Waals surface area contributed by atoms with Gasteiger partial charge in [0.05, 0.1) is 7.11 Å². The van der Waals surface area contributed by atoms with Gasteiger partial charge in [-0.2, -0.15) is 0 Å². The first-order chi connectivity index (χ1) is 9.92. The number of rotatable bonds is 3. The Kier molecular flexibility index (Phi) is 4.40. The lowest BCUT2D eigenvalue weighted by atomic mass is 9.92. The van der Waals surface area contributed by atoms with Crippen LogP contribution in [-0.4, -0.2) is 46.7 Å². The van der Waals surface area contributed by atoms with Gasteiger partial charge in [-0.15, -0.1) is 0 Å². The van der Waals surface area contributed by atoms with Gasteiger partial charge in [0, 0.05) is 18.3 Å². The van der Waals surface area contributed by atoms with Gasteiger partial charge in [0.25, 0.3) is 0 Å². The molecule has 2 unspecified atom stereocenters. The number of anilines is 1. The van der Waals surface area contributed by atoms with Gasteiger partial charge >= 0.3 is 11.9 Å². The molecular formula is C14H19N3O4. The van der Waals surface area contributed by atoms with E-state index < -0.39 is 18.0 Å². The van der Waals surface area contributed by atoms with E-state index in [2.05, 4.69) is 14.7 Å². The Hall–Kier alpha value is -2.18. The fourth-order valence-electron chi connectivity index (χ4n) is 2.53. The molecule has 114 valence electrons. The smallest absolute Gasteiger partial charge is 0.376 e. The average molecular weight is 293 g/mol. The number of carbonyl (C=O) groups excluding carboxylic acids is 1. The van der Waals surface area contributed by atoms with Crippen molar-refractivity contribution < 1.29 is 19.4 Å². The summed E-state index contributed by atoms with van der Waals surface area (Å²) in [6.45, 7) is 4.37. The molecule has 0 bridgehead atoms. The van der Waals surface area contributed by atoms with Crippen LogP contribution in [0.25, 0.3) is 0 Å². The normalized spacial score (nSPS) is 22.0. The predicted molar refractivity (Wildman–Crippen MR) is 75.3 cm³/mol. The summed E-state index contributed by atoms with van der Waals surface area (Å²) in [5.41, 5.74) is 0.600. The summed E-state index contributed by atoms with van der Waals surface area (Å²) in [6.07, 6.45) is 1.45. The van der Waals surface area contributed by atoms with Crippen molar-refractivity contribution in [3.8, 4) is 0 Å². The van der Waals surface area contributed by atoms with E-state index in [1.165, 1.54) is 7.11 Å². The Balaban J connectivity index is 2.37. The first kappa shape index (κ1) is 15.2. The van der Waals surface area contributed by atoms with E-state index in [9.17, 15) is 14.7 Å². The van der Waals surface area contributed by atoms with Crippen LogP contribution >= 0.6 is 0 Å². The number of methoxy groups -OCH3 is 1. The molecule has 0 radical (unpaired) electrons. The van der Waals surface area contributed by atoms with Crippen molar-refractivity contribution in [2.45, 2.75) is 32.7 Å². The summed E-state index contributed by atoms with van der Waals surface area (Å²) in [6, 6.07) is 1.06. The van der Waals surface area contributed by atoms with Crippen LogP contribution in [0.5, 0.6) is 0 Å². The zero-order valence-corrected chi connectivity index (χ0v) is 12.4. The Morgan fingerprint density at radius 3 is 2.76 bits per heavy atom. The topological polar surface area (TPSA) is 92.6 Å². The first-order valence-corrected chi connectivity index (χ1v) is 6.85. The minimum Gasteiger partial charge on any atom is -0.480 e. The third-order valence-electron chi connectivity index (χ3n) is 3.65. The Morgan fingerprint density at radius 2 is 2.14 bits per heavy atom. The van der Waals surface area contributed by atoms with E-state index >= 15 is 0 Å². The highest BCUT2D eigenvalue weighted by Gasteiger charge is 2.33. The molecule has 2 atom stereocenters. The third kappa shape index (κ3) is 3.29. The molecule has 1 aliphatic heterocycles. The number of ether oxygens (including phenoxy) is 1. The van der Waals surface area contributed by atoms with Gasteiger partial charge in [-0.05, 0) is 25.7 Å². The minimum atomic E-state index is -0.877. The zero-order valence-electron chi connectivity index (χ0n) is 12.4. The molecule has 0 amide bonds. The third-order valence-corrected chi connectivity index (χ3v) is 3.65. The SMILES string of the molecule is COC(=O)c1nc(C)cc(N2CCC(C)CC2C(=O)O)n1. The Bertz CT molecular complexity index is 561. The lowest BCUT2D eigenvalue weighted by Gasteiger charge is -2.36. The standard InChI is InChI=1S/C14H19N3O4/c1-8-4-5-17(10(6-8)13(18)19)11-7-9(2)15-12(16-11)14(20)21-3/h7-8,10H,4-6H2,1-3H3,(H,18,19). The van der Waals surface area contributed by atoms with Crippen LogP contribution in [0.3, 0.4) is 0 Å². The second kappa shape index (κ2) is 6.07. The summed E-state index contributed by atoms with van der Waals surface area (Å²) in [4.78, 5) is 33.0. The molecule has 2 heterocycles. The quantitative estimate of drug-likeness (QED) is 0.838. The number of esters is 1. The summed E-state index contributed by atoms with van der Waals surface area (Å²) >= 11 is 0. The second-order valence-corrected chi connectivity index (χ2v) is 5.36. The van der Waals surface area contributed by atoms with Crippen molar-refractivity contribution in [3.05, 3.63) is 17.6 Å². The van der Waals surface area contributed by atoms with E-state index in [0.717, 1.165) is 6.42 Å². The number of hydrogen-bond donors (Lipinski definition) is 1. The van der Waals surface area contributed by atoms with Crippen molar-refractivity contribution >= 4 is 17.8 Å². The molecule has 1 saturated heterocycles. The molecule has 1 aromatic rings. The van der Waals surface area contributed by atoms with E-state index in [1.54, 1.807) is 17.9 Å². The lowest BCUT2D eigenvalue weighted by Crippen LogP contribution is -2.47. The molecule has 21 heavy (non-hydrogen) atoms. The largest absolute Gasteiger partial charge is 0.480 e. The number of aliphatic carboxylic acids is 1. The van der Waals surface area contributed by atoms with Crippen LogP contribution in [0.15, 0.2) is 6.07 Å². The van der Waals surface area contributed by atoms with E-state index in [-0.39, 0.29) is 5.82 Å². The van der Waals surface area contributed by atoms with Crippen molar-refractivity contribution in [1.82, 2.24) is 9.97 Å². The molecule has 1 aliphatic rings. The summed E-state index contributed by atoms with van der Waals surface area (Å²) in [7, 11) is 1.26. The van der Waals surface area contributed by atoms with E-state index in [4.69, 9.17) is 0 Å². The van der Waals surface area contributed by atoms with E-state index in [0.29, 0.717) is 30.4 Å². The summed E-state index contributed by atoms with van der Waals surface area (Å²) < 4.78 is 4.63. The molecule has 0 spiro atoms. The Morgan fingerprint density at radius 1 is 1.43 bits per heavy atom. The van der Waals surface area contributed by atoms with Gasteiger partial charge in [-0.3, -0.25) is 0 Å².